The monoisotopic (exact) mass is 550 g/mol. The first kappa shape index (κ1) is 23.9. The number of nitrogens with zero attached hydrogens (tertiary/aromatic N) is 3. The predicted octanol–water partition coefficient (Wildman–Crippen LogP) is 10.3. The average Bonchev–Trinajstić information content (AvgIpc) is 3.46. The molecule has 4 nitrogen and oxygen atoms in total. The van der Waals surface area contributed by atoms with E-state index in [0.29, 0.717) is 11.7 Å². The van der Waals surface area contributed by atoms with Crippen LogP contribution in [-0.2, 0) is 0 Å². The van der Waals surface area contributed by atoms with Crippen LogP contribution in [0.25, 0.3) is 59.6 Å². The van der Waals surface area contributed by atoms with E-state index >= 15 is 0 Å². The molecule has 1 atom stereocenters. The summed E-state index contributed by atoms with van der Waals surface area (Å²) in [6.45, 7) is 0. The Bertz CT molecular complexity index is 2440. The summed E-state index contributed by atoms with van der Waals surface area (Å²) in [5.74, 6) is 1.35. The molecule has 2 heterocycles. The molecule has 8 aromatic rings. The maximum Gasteiger partial charge on any atom is 0.135 e. The van der Waals surface area contributed by atoms with E-state index in [-0.39, 0.29) is 0 Å². The number of para-hydroxylation sites is 1. The molecule has 1 aliphatic heterocycles. The third-order valence-corrected chi connectivity index (χ3v) is 8.43. The minimum atomic E-state index is -0.437. The van der Waals surface area contributed by atoms with Gasteiger partial charge in [-0.3, -0.25) is 4.99 Å². The van der Waals surface area contributed by atoms with E-state index < -0.39 is 6.17 Å². The van der Waals surface area contributed by atoms with Crippen LogP contribution >= 0.6 is 0 Å². The normalized spacial score (nSPS) is 15.2. The minimum absolute atomic E-state index is 0.437. The van der Waals surface area contributed by atoms with E-state index in [1.807, 2.05) is 54.6 Å². The van der Waals surface area contributed by atoms with Crippen LogP contribution in [0.1, 0.15) is 22.9 Å². The highest BCUT2D eigenvalue weighted by molar-refractivity contribution is 6.22. The lowest BCUT2D eigenvalue weighted by Gasteiger charge is -2.32. The van der Waals surface area contributed by atoms with Crippen LogP contribution in [0.5, 0.6) is 0 Å². The maximum absolute atomic E-state index is 6.09. The van der Waals surface area contributed by atoms with Crippen molar-refractivity contribution in [3.05, 3.63) is 162 Å². The number of rotatable bonds is 3. The Morgan fingerprint density at radius 2 is 1.19 bits per heavy atom. The van der Waals surface area contributed by atoms with Gasteiger partial charge < -0.3 is 14.7 Å². The van der Waals surface area contributed by atoms with Crippen molar-refractivity contribution < 1.29 is 4.42 Å². The van der Waals surface area contributed by atoms with Crippen LogP contribution in [-0.4, -0.2) is 11.7 Å². The molecule has 9 rings (SSSR count). The van der Waals surface area contributed by atoms with Crippen molar-refractivity contribution in [1.82, 2.24) is 0 Å². The lowest BCUT2D eigenvalue weighted by atomic mass is 9.95. The maximum atomic E-state index is 6.09. The van der Waals surface area contributed by atoms with Gasteiger partial charge in [0, 0.05) is 10.8 Å². The Morgan fingerprint density at radius 1 is 0.488 bits per heavy atom. The molecule has 43 heavy (non-hydrogen) atoms. The number of fused-ring (bicyclic) bond motifs is 8. The van der Waals surface area contributed by atoms with Gasteiger partial charge >= 0.3 is 0 Å². The molecular formula is C39H24N3O-. The van der Waals surface area contributed by atoms with Crippen molar-refractivity contribution in [3.8, 4) is 0 Å². The Morgan fingerprint density at radius 3 is 2.07 bits per heavy atom. The number of furan rings is 1. The standard InChI is InChI=1S/C39H24N3O/c1-2-9-26(10-3-1)37-40-38(42-39(41-37)28-18-21-36-34(23-28)32-12-6-7-13-35(32)43-36)27-15-14-25-17-19-30-29-11-5-4-8-24(29)16-20-31(30)33(25)22-27/h1-23,39H/q-1. The molecule has 0 fully saturated rings. The second-order valence-electron chi connectivity index (χ2n) is 11.0. The predicted molar refractivity (Wildman–Crippen MR) is 178 cm³/mol. The number of amidine groups is 2. The number of benzene rings is 7. The van der Waals surface area contributed by atoms with Crippen molar-refractivity contribution in [2.45, 2.75) is 6.17 Å². The van der Waals surface area contributed by atoms with Gasteiger partial charge in [-0.05, 0) is 73.3 Å². The molecule has 4 heteroatoms. The van der Waals surface area contributed by atoms with E-state index in [1.165, 1.54) is 32.3 Å². The lowest BCUT2D eigenvalue weighted by molar-refractivity contribution is 0.668. The quantitative estimate of drug-likeness (QED) is 0.202. The molecule has 1 unspecified atom stereocenters. The van der Waals surface area contributed by atoms with E-state index in [9.17, 15) is 0 Å². The van der Waals surface area contributed by atoms with Gasteiger partial charge in [0.15, 0.2) is 0 Å². The average molecular weight is 551 g/mol. The van der Waals surface area contributed by atoms with Crippen LogP contribution in [0.2, 0.25) is 0 Å². The molecule has 0 aliphatic carbocycles. The van der Waals surface area contributed by atoms with Crippen molar-refractivity contribution in [1.29, 1.82) is 0 Å². The molecule has 0 saturated carbocycles. The SMILES string of the molecule is c1ccc(C2=NC(c3ccc4oc5ccccc5c4c3)[N-]C(c3ccc4ccc5c6ccccc6ccc5c4c3)=N2)cc1. The van der Waals surface area contributed by atoms with Gasteiger partial charge in [-0.2, -0.15) is 0 Å². The minimum Gasteiger partial charge on any atom is -0.456 e. The largest absolute Gasteiger partial charge is 0.456 e. The second-order valence-corrected chi connectivity index (χ2v) is 11.0. The molecule has 0 bridgehead atoms. The summed E-state index contributed by atoms with van der Waals surface area (Å²) in [4.78, 5) is 10.1. The highest BCUT2D eigenvalue weighted by Crippen LogP contribution is 2.37. The fourth-order valence-electron chi connectivity index (χ4n) is 6.29. The molecule has 1 aromatic heterocycles. The van der Waals surface area contributed by atoms with Gasteiger partial charge in [0.2, 0.25) is 0 Å². The van der Waals surface area contributed by atoms with E-state index in [4.69, 9.17) is 19.7 Å². The zero-order valence-corrected chi connectivity index (χ0v) is 23.1. The molecule has 1 aliphatic rings. The smallest absolute Gasteiger partial charge is 0.135 e. The van der Waals surface area contributed by atoms with E-state index in [2.05, 4.69) is 84.9 Å². The van der Waals surface area contributed by atoms with Crippen molar-refractivity contribution >= 4 is 65.9 Å². The summed E-state index contributed by atoms with van der Waals surface area (Å²) in [7, 11) is 0. The number of aliphatic imine (C=N–C) groups is 2. The van der Waals surface area contributed by atoms with Gasteiger partial charge in [0.25, 0.3) is 0 Å². The van der Waals surface area contributed by atoms with Gasteiger partial charge in [-0.15, -0.1) is 0 Å². The highest BCUT2D eigenvalue weighted by atomic mass is 16.3. The third-order valence-electron chi connectivity index (χ3n) is 8.43. The van der Waals surface area contributed by atoms with Crippen LogP contribution in [0.3, 0.4) is 0 Å². The summed E-state index contributed by atoms with van der Waals surface area (Å²) in [6.07, 6.45) is -0.437. The van der Waals surface area contributed by atoms with Crippen molar-refractivity contribution in [3.63, 3.8) is 0 Å². The number of hydrogen-bond acceptors (Lipinski definition) is 3. The molecular weight excluding hydrogens is 526 g/mol. The molecule has 7 aromatic carbocycles. The molecule has 202 valence electrons. The van der Waals surface area contributed by atoms with Gasteiger partial charge in [0.1, 0.15) is 11.2 Å². The fraction of sp³-hybridized carbons (Fsp3) is 0.0256. The van der Waals surface area contributed by atoms with Gasteiger partial charge in [-0.25, -0.2) is 0 Å². The molecule has 0 saturated heterocycles. The summed E-state index contributed by atoms with van der Waals surface area (Å²) < 4.78 is 6.09. The molecule has 0 spiro atoms. The zero-order chi connectivity index (χ0) is 28.3. The molecule has 0 N–H and O–H groups in total. The highest BCUT2D eigenvalue weighted by Gasteiger charge is 2.16. The molecule has 0 radical (unpaired) electrons. The Kier molecular flexibility index (Phi) is 5.23. The number of hydrogen-bond donors (Lipinski definition) is 0. The Labute approximate surface area is 247 Å². The summed E-state index contributed by atoms with van der Waals surface area (Å²) in [5, 5.41) is 14.6. The Balaban J connectivity index is 1.20. The first-order valence-corrected chi connectivity index (χ1v) is 14.5. The zero-order valence-electron chi connectivity index (χ0n) is 23.1. The third kappa shape index (κ3) is 3.92. The second kappa shape index (κ2) is 9.40. The van der Waals surface area contributed by atoms with Crippen molar-refractivity contribution in [2.75, 3.05) is 0 Å². The van der Waals surface area contributed by atoms with E-state index in [0.717, 1.165) is 38.6 Å². The summed E-state index contributed by atoms with van der Waals surface area (Å²) in [6, 6.07) is 48.5. The lowest BCUT2D eigenvalue weighted by Crippen LogP contribution is -2.15. The summed E-state index contributed by atoms with van der Waals surface area (Å²) in [5.41, 5.74) is 4.67. The van der Waals surface area contributed by atoms with Gasteiger partial charge in [0.05, 0.1) is 12.0 Å². The van der Waals surface area contributed by atoms with Gasteiger partial charge in [-0.1, -0.05) is 121 Å². The van der Waals surface area contributed by atoms with Crippen LogP contribution in [0, 0.1) is 0 Å². The van der Waals surface area contributed by atoms with E-state index in [1.54, 1.807) is 0 Å². The van der Waals surface area contributed by atoms with Crippen LogP contribution in [0.15, 0.2) is 154 Å². The first-order chi connectivity index (χ1) is 21.3. The first-order valence-electron chi connectivity index (χ1n) is 14.5. The topological polar surface area (TPSA) is 52.0 Å². The fourth-order valence-corrected chi connectivity index (χ4v) is 6.29. The van der Waals surface area contributed by atoms with Crippen LogP contribution in [0.4, 0.5) is 0 Å². The van der Waals surface area contributed by atoms with Crippen molar-refractivity contribution in [2.24, 2.45) is 9.98 Å². The molecule has 0 amide bonds. The van der Waals surface area contributed by atoms with Crippen LogP contribution < -0.4 is 0 Å². The Hall–Kier alpha value is -5.74. The summed E-state index contributed by atoms with van der Waals surface area (Å²) >= 11 is 0.